The molecule has 5 heteroatoms. The van der Waals surface area contributed by atoms with Crippen molar-refractivity contribution >= 4 is 10.4 Å². The van der Waals surface area contributed by atoms with Gasteiger partial charge >= 0.3 is 10.4 Å². The normalized spacial score (nSPS) is 12.1. The lowest BCUT2D eigenvalue weighted by atomic mass is 10.1. The molecule has 0 bridgehead atoms. The Hall–Kier alpha value is -0.550. The van der Waals surface area contributed by atoms with Crippen molar-refractivity contribution in [3.63, 3.8) is 0 Å². The topological polar surface area (TPSA) is 63.6 Å². The second-order valence-corrected chi connectivity index (χ2v) is 4.85. The Morgan fingerprint density at radius 2 is 1.62 bits per heavy atom. The molecule has 0 aliphatic carbocycles. The first-order valence-corrected chi connectivity index (χ1v) is 7.23. The zero-order valence-electron chi connectivity index (χ0n) is 9.89. The molecule has 0 atom stereocenters. The molecule has 0 heterocycles. The molecule has 0 spiro atoms. The highest BCUT2D eigenvalue weighted by molar-refractivity contribution is 7.81. The van der Waals surface area contributed by atoms with Gasteiger partial charge in [-0.15, -0.1) is 0 Å². The van der Waals surface area contributed by atoms with Crippen LogP contribution in [0.5, 0.6) is 0 Å². The third-order valence-electron chi connectivity index (χ3n) is 2.25. The molecule has 0 rings (SSSR count). The van der Waals surface area contributed by atoms with E-state index in [0.29, 0.717) is 0 Å². The van der Waals surface area contributed by atoms with Gasteiger partial charge in [0.1, 0.15) is 6.26 Å². The predicted molar refractivity (Wildman–Crippen MR) is 64.4 cm³/mol. The average Bonchev–Trinajstić information content (AvgIpc) is 2.19. The highest BCUT2D eigenvalue weighted by Crippen LogP contribution is 2.08. The van der Waals surface area contributed by atoms with Crippen molar-refractivity contribution in [3.8, 4) is 0 Å². The molecule has 0 saturated heterocycles. The van der Waals surface area contributed by atoms with E-state index in [9.17, 15) is 8.42 Å². The Labute approximate surface area is 98.7 Å². The molecule has 0 amide bonds. The third-order valence-corrected chi connectivity index (χ3v) is 2.60. The van der Waals surface area contributed by atoms with Gasteiger partial charge in [-0.2, -0.15) is 8.42 Å². The number of unbranched alkanes of at least 4 members (excludes halogenated alkanes) is 7. The summed E-state index contributed by atoms with van der Waals surface area (Å²) in [6.07, 6.45) is 12.0. The molecule has 4 nitrogen and oxygen atoms in total. The molecular formula is C11H22O4S. The SMILES string of the molecule is CCCCCCCCCC=COS(=O)(=O)O. The summed E-state index contributed by atoms with van der Waals surface area (Å²) < 4.78 is 32.6. The summed E-state index contributed by atoms with van der Waals surface area (Å²) >= 11 is 0. The fourth-order valence-corrected chi connectivity index (χ4v) is 1.62. The van der Waals surface area contributed by atoms with E-state index >= 15 is 0 Å². The molecule has 0 aliphatic rings. The van der Waals surface area contributed by atoms with Gasteiger partial charge in [-0.05, 0) is 18.9 Å². The predicted octanol–water partition coefficient (Wildman–Crippen LogP) is 3.46. The molecule has 0 fully saturated rings. The van der Waals surface area contributed by atoms with Gasteiger partial charge in [0, 0.05) is 0 Å². The molecule has 96 valence electrons. The van der Waals surface area contributed by atoms with Crippen molar-refractivity contribution in [1.82, 2.24) is 0 Å². The van der Waals surface area contributed by atoms with Crippen molar-refractivity contribution in [1.29, 1.82) is 0 Å². The van der Waals surface area contributed by atoms with Crippen LogP contribution in [0.4, 0.5) is 0 Å². The Balaban J connectivity index is 3.21. The van der Waals surface area contributed by atoms with E-state index in [1.54, 1.807) is 6.08 Å². The van der Waals surface area contributed by atoms with E-state index in [-0.39, 0.29) is 0 Å². The van der Waals surface area contributed by atoms with Crippen LogP contribution in [0.15, 0.2) is 12.3 Å². The van der Waals surface area contributed by atoms with Crippen LogP contribution in [0.25, 0.3) is 0 Å². The second kappa shape index (κ2) is 9.66. The Morgan fingerprint density at radius 3 is 2.19 bits per heavy atom. The smallest absolute Gasteiger partial charge is 0.370 e. The first kappa shape index (κ1) is 15.4. The quantitative estimate of drug-likeness (QED) is 0.366. The van der Waals surface area contributed by atoms with E-state index in [2.05, 4.69) is 11.1 Å². The lowest BCUT2D eigenvalue weighted by Crippen LogP contribution is -1.96. The summed E-state index contributed by atoms with van der Waals surface area (Å²) in [5, 5.41) is 0. The van der Waals surface area contributed by atoms with E-state index in [1.165, 1.54) is 32.1 Å². The monoisotopic (exact) mass is 250 g/mol. The second-order valence-electron chi connectivity index (χ2n) is 3.81. The highest BCUT2D eigenvalue weighted by atomic mass is 32.3. The van der Waals surface area contributed by atoms with Crippen LogP contribution in [0.3, 0.4) is 0 Å². The van der Waals surface area contributed by atoms with Crippen LogP contribution < -0.4 is 0 Å². The van der Waals surface area contributed by atoms with Gasteiger partial charge in [0.15, 0.2) is 0 Å². The average molecular weight is 250 g/mol. The molecule has 0 aliphatic heterocycles. The minimum Gasteiger partial charge on any atom is -0.370 e. The Bertz CT molecular complexity index is 270. The lowest BCUT2D eigenvalue weighted by molar-refractivity contribution is 0.355. The number of hydrogen-bond acceptors (Lipinski definition) is 3. The van der Waals surface area contributed by atoms with Crippen molar-refractivity contribution in [2.75, 3.05) is 0 Å². The standard InChI is InChI=1S/C11H22O4S/c1-2-3-4-5-6-7-8-9-10-11-15-16(12,13)14/h10-11H,2-9H2,1H3,(H,12,13,14). The molecule has 1 N–H and O–H groups in total. The van der Waals surface area contributed by atoms with Crippen molar-refractivity contribution in [3.05, 3.63) is 12.3 Å². The molecule has 0 aromatic heterocycles. The summed E-state index contributed by atoms with van der Waals surface area (Å²) in [6.45, 7) is 2.19. The highest BCUT2D eigenvalue weighted by Gasteiger charge is 1.98. The molecule has 0 saturated carbocycles. The summed E-state index contributed by atoms with van der Waals surface area (Å²) in [4.78, 5) is 0. The largest absolute Gasteiger partial charge is 0.445 e. The molecule has 0 radical (unpaired) electrons. The number of hydrogen-bond donors (Lipinski definition) is 1. The molecular weight excluding hydrogens is 228 g/mol. The van der Waals surface area contributed by atoms with Gasteiger partial charge in [0.05, 0.1) is 0 Å². The minimum atomic E-state index is -4.32. The summed E-state index contributed by atoms with van der Waals surface area (Å²) in [5.74, 6) is 0. The van der Waals surface area contributed by atoms with Crippen molar-refractivity contribution in [2.45, 2.75) is 58.3 Å². The summed E-state index contributed by atoms with van der Waals surface area (Å²) in [6, 6.07) is 0. The Morgan fingerprint density at radius 1 is 1.06 bits per heavy atom. The van der Waals surface area contributed by atoms with Crippen LogP contribution >= 0.6 is 0 Å². The van der Waals surface area contributed by atoms with Crippen molar-refractivity contribution in [2.24, 2.45) is 0 Å². The van der Waals surface area contributed by atoms with Gasteiger partial charge in [0.25, 0.3) is 0 Å². The van der Waals surface area contributed by atoms with Gasteiger partial charge in [-0.1, -0.05) is 45.4 Å². The Kier molecular flexibility index (Phi) is 9.33. The summed E-state index contributed by atoms with van der Waals surface area (Å²) in [5.41, 5.74) is 0. The van der Waals surface area contributed by atoms with Crippen LogP contribution in [-0.4, -0.2) is 13.0 Å². The zero-order valence-corrected chi connectivity index (χ0v) is 10.7. The lowest BCUT2D eigenvalue weighted by Gasteiger charge is -1.98. The third kappa shape index (κ3) is 13.4. The fourth-order valence-electron chi connectivity index (χ4n) is 1.40. The minimum absolute atomic E-state index is 0.781. The maximum Gasteiger partial charge on any atom is 0.445 e. The molecule has 0 unspecified atom stereocenters. The van der Waals surface area contributed by atoms with Gasteiger partial charge in [-0.3, -0.25) is 4.55 Å². The molecule has 0 aromatic carbocycles. The van der Waals surface area contributed by atoms with E-state index < -0.39 is 10.4 Å². The van der Waals surface area contributed by atoms with Gasteiger partial charge < -0.3 is 4.18 Å². The van der Waals surface area contributed by atoms with Gasteiger partial charge in [-0.25, -0.2) is 0 Å². The molecule has 16 heavy (non-hydrogen) atoms. The first-order chi connectivity index (χ1) is 7.56. The first-order valence-electron chi connectivity index (χ1n) is 5.87. The number of allylic oxidation sites excluding steroid dienone is 1. The maximum absolute atomic E-state index is 10.1. The maximum atomic E-state index is 10.1. The van der Waals surface area contributed by atoms with Crippen LogP contribution in [-0.2, 0) is 14.6 Å². The van der Waals surface area contributed by atoms with Crippen molar-refractivity contribution < 1.29 is 17.2 Å². The fraction of sp³-hybridized carbons (Fsp3) is 0.818. The summed E-state index contributed by atoms with van der Waals surface area (Å²) in [7, 11) is -4.32. The number of rotatable bonds is 10. The van der Waals surface area contributed by atoms with Crippen LogP contribution in [0.2, 0.25) is 0 Å². The van der Waals surface area contributed by atoms with Gasteiger partial charge in [0.2, 0.25) is 0 Å². The zero-order chi connectivity index (χ0) is 12.3. The van der Waals surface area contributed by atoms with E-state index in [0.717, 1.165) is 25.5 Å². The van der Waals surface area contributed by atoms with E-state index in [1.807, 2.05) is 0 Å². The van der Waals surface area contributed by atoms with E-state index in [4.69, 9.17) is 4.55 Å². The molecule has 0 aromatic rings. The van der Waals surface area contributed by atoms with Crippen LogP contribution in [0, 0.1) is 0 Å². The van der Waals surface area contributed by atoms with Crippen LogP contribution in [0.1, 0.15) is 58.3 Å².